The van der Waals surface area contributed by atoms with Crippen molar-refractivity contribution in [3.63, 3.8) is 0 Å². The Balaban J connectivity index is 1.77. The van der Waals surface area contributed by atoms with Crippen LogP contribution in [0.25, 0.3) is 0 Å². The average Bonchev–Trinajstić information content (AvgIpc) is 2.90. The Hall–Kier alpha value is -1.71. The zero-order chi connectivity index (χ0) is 14.7. The molecule has 0 saturated carbocycles. The standard InChI is InChI=1S/C17H25N3O/c18-15-13-14(17(21)20-11-5-6-12-20)7-8-16(15)19-9-3-1-2-4-10-19/h7-8,13H,1-6,9-12,18H2. The molecule has 0 atom stereocenters. The van der Waals surface area contributed by atoms with Gasteiger partial charge in [0.05, 0.1) is 11.4 Å². The molecule has 0 bridgehead atoms. The first-order valence-corrected chi connectivity index (χ1v) is 8.19. The van der Waals surface area contributed by atoms with Crippen molar-refractivity contribution in [2.45, 2.75) is 38.5 Å². The van der Waals surface area contributed by atoms with Gasteiger partial charge >= 0.3 is 0 Å². The molecule has 1 aromatic rings. The van der Waals surface area contributed by atoms with Crippen molar-refractivity contribution in [1.29, 1.82) is 0 Å². The van der Waals surface area contributed by atoms with E-state index in [1.165, 1.54) is 25.7 Å². The average molecular weight is 287 g/mol. The maximum absolute atomic E-state index is 12.4. The first-order valence-electron chi connectivity index (χ1n) is 8.19. The van der Waals surface area contributed by atoms with Gasteiger partial charge in [-0.25, -0.2) is 0 Å². The van der Waals surface area contributed by atoms with Gasteiger partial charge in [0.2, 0.25) is 0 Å². The van der Waals surface area contributed by atoms with Crippen LogP contribution in [0.3, 0.4) is 0 Å². The van der Waals surface area contributed by atoms with Crippen molar-refractivity contribution < 1.29 is 4.79 Å². The van der Waals surface area contributed by atoms with Crippen molar-refractivity contribution in [3.8, 4) is 0 Å². The van der Waals surface area contributed by atoms with Crippen LogP contribution in [0.2, 0.25) is 0 Å². The van der Waals surface area contributed by atoms with E-state index in [0.29, 0.717) is 0 Å². The number of rotatable bonds is 2. The fraction of sp³-hybridized carbons (Fsp3) is 0.588. The minimum Gasteiger partial charge on any atom is -0.397 e. The number of carbonyl (C=O) groups is 1. The zero-order valence-electron chi connectivity index (χ0n) is 12.7. The number of likely N-dealkylation sites (tertiary alicyclic amines) is 1. The summed E-state index contributed by atoms with van der Waals surface area (Å²) in [4.78, 5) is 16.7. The molecule has 2 fully saturated rings. The molecule has 1 aromatic carbocycles. The van der Waals surface area contributed by atoms with Crippen molar-refractivity contribution >= 4 is 17.3 Å². The van der Waals surface area contributed by atoms with E-state index < -0.39 is 0 Å². The molecule has 0 aromatic heterocycles. The molecule has 1 amide bonds. The molecule has 0 unspecified atom stereocenters. The Morgan fingerprint density at radius 3 is 2.14 bits per heavy atom. The summed E-state index contributed by atoms with van der Waals surface area (Å²) in [7, 11) is 0. The highest BCUT2D eigenvalue weighted by Crippen LogP contribution is 2.27. The van der Waals surface area contributed by atoms with Crippen LogP contribution in [0.5, 0.6) is 0 Å². The molecule has 2 saturated heterocycles. The number of hydrogen-bond acceptors (Lipinski definition) is 3. The minimum atomic E-state index is 0.126. The van der Waals surface area contributed by atoms with Crippen LogP contribution in [-0.4, -0.2) is 37.0 Å². The predicted molar refractivity (Wildman–Crippen MR) is 86.7 cm³/mol. The van der Waals surface area contributed by atoms with E-state index in [2.05, 4.69) is 4.90 Å². The van der Waals surface area contributed by atoms with E-state index >= 15 is 0 Å². The number of nitrogen functional groups attached to an aromatic ring is 1. The molecule has 114 valence electrons. The highest BCUT2D eigenvalue weighted by Gasteiger charge is 2.21. The summed E-state index contributed by atoms with van der Waals surface area (Å²) in [5.74, 6) is 0.126. The lowest BCUT2D eigenvalue weighted by molar-refractivity contribution is 0.0793. The molecule has 0 aliphatic carbocycles. The Bertz CT molecular complexity index is 501. The summed E-state index contributed by atoms with van der Waals surface area (Å²) in [6.45, 7) is 3.91. The third-order valence-corrected chi connectivity index (χ3v) is 4.61. The van der Waals surface area contributed by atoms with E-state index in [0.717, 1.165) is 56.0 Å². The summed E-state index contributed by atoms with van der Waals surface area (Å²) in [5.41, 5.74) is 8.79. The molecular formula is C17H25N3O. The number of nitrogens with two attached hydrogens (primary N) is 1. The molecular weight excluding hydrogens is 262 g/mol. The maximum atomic E-state index is 12.4. The quantitative estimate of drug-likeness (QED) is 0.851. The van der Waals surface area contributed by atoms with Gasteiger partial charge in [-0.1, -0.05) is 12.8 Å². The van der Waals surface area contributed by atoms with E-state index in [4.69, 9.17) is 5.73 Å². The van der Waals surface area contributed by atoms with Crippen molar-refractivity contribution in [2.75, 3.05) is 36.8 Å². The number of anilines is 2. The lowest BCUT2D eigenvalue weighted by Crippen LogP contribution is -2.28. The predicted octanol–water partition coefficient (Wildman–Crippen LogP) is 2.89. The van der Waals surface area contributed by atoms with Crippen LogP contribution in [-0.2, 0) is 0 Å². The van der Waals surface area contributed by atoms with Crippen LogP contribution >= 0.6 is 0 Å². The van der Waals surface area contributed by atoms with Gasteiger partial charge in [0.15, 0.2) is 0 Å². The van der Waals surface area contributed by atoms with Gasteiger partial charge in [-0.15, -0.1) is 0 Å². The van der Waals surface area contributed by atoms with E-state index in [9.17, 15) is 4.79 Å². The van der Waals surface area contributed by atoms with Gasteiger partial charge in [0.1, 0.15) is 0 Å². The number of hydrogen-bond donors (Lipinski definition) is 1. The molecule has 4 heteroatoms. The first-order chi connectivity index (χ1) is 10.3. The molecule has 2 aliphatic heterocycles. The molecule has 21 heavy (non-hydrogen) atoms. The third-order valence-electron chi connectivity index (χ3n) is 4.61. The highest BCUT2D eigenvalue weighted by molar-refractivity contribution is 5.96. The molecule has 0 radical (unpaired) electrons. The van der Waals surface area contributed by atoms with Gasteiger partial charge in [0.25, 0.3) is 5.91 Å². The fourth-order valence-corrected chi connectivity index (χ4v) is 3.39. The molecule has 2 N–H and O–H groups in total. The second-order valence-electron chi connectivity index (χ2n) is 6.17. The van der Waals surface area contributed by atoms with Gasteiger partial charge in [-0.3, -0.25) is 4.79 Å². The Labute approximate surface area is 126 Å². The normalized spacial score (nSPS) is 19.6. The summed E-state index contributed by atoms with van der Waals surface area (Å²) >= 11 is 0. The molecule has 2 aliphatic rings. The second kappa shape index (κ2) is 6.37. The van der Waals surface area contributed by atoms with E-state index in [1.807, 2.05) is 23.1 Å². The van der Waals surface area contributed by atoms with E-state index in [-0.39, 0.29) is 5.91 Å². The molecule has 0 spiro atoms. The van der Waals surface area contributed by atoms with Crippen molar-refractivity contribution in [3.05, 3.63) is 23.8 Å². The van der Waals surface area contributed by atoms with Crippen molar-refractivity contribution in [1.82, 2.24) is 4.90 Å². The number of benzene rings is 1. The zero-order valence-corrected chi connectivity index (χ0v) is 12.7. The Morgan fingerprint density at radius 1 is 0.905 bits per heavy atom. The smallest absolute Gasteiger partial charge is 0.253 e. The number of amides is 1. The van der Waals surface area contributed by atoms with Crippen molar-refractivity contribution in [2.24, 2.45) is 0 Å². The summed E-state index contributed by atoms with van der Waals surface area (Å²) in [6.07, 6.45) is 7.31. The van der Waals surface area contributed by atoms with E-state index in [1.54, 1.807) is 0 Å². The summed E-state index contributed by atoms with van der Waals surface area (Å²) < 4.78 is 0. The highest BCUT2D eigenvalue weighted by atomic mass is 16.2. The largest absolute Gasteiger partial charge is 0.397 e. The SMILES string of the molecule is Nc1cc(C(=O)N2CCCC2)ccc1N1CCCCCC1. The topological polar surface area (TPSA) is 49.6 Å². The van der Waals surface area contributed by atoms with Crippen LogP contribution < -0.4 is 10.6 Å². The van der Waals surface area contributed by atoms with Crippen LogP contribution in [0, 0.1) is 0 Å². The molecule has 2 heterocycles. The maximum Gasteiger partial charge on any atom is 0.253 e. The Morgan fingerprint density at radius 2 is 1.52 bits per heavy atom. The lowest BCUT2D eigenvalue weighted by Gasteiger charge is -2.25. The van der Waals surface area contributed by atoms with Gasteiger partial charge in [-0.2, -0.15) is 0 Å². The van der Waals surface area contributed by atoms with Crippen LogP contribution in [0.1, 0.15) is 48.9 Å². The lowest BCUT2D eigenvalue weighted by atomic mass is 10.1. The summed E-state index contributed by atoms with van der Waals surface area (Å²) in [5, 5.41) is 0. The van der Waals surface area contributed by atoms with Gasteiger partial charge < -0.3 is 15.5 Å². The monoisotopic (exact) mass is 287 g/mol. The van der Waals surface area contributed by atoms with Gasteiger partial charge in [0, 0.05) is 31.7 Å². The van der Waals surface area contributed by atoms with Gasteiger partial charge in [-0.05, 0) is 43.9 Å². The molecule has 4 nitrogen and oxygen atoms in total. The van der Waals surface area contributed by atoms with Crippen LogP contribution in [0.15, 0.2) is 18.2 Å². The second-order valence-corrected chi connectivity index (χ2v) is 6.17. The number of nitrogens with zero attached hydrogens (tertiary/aromatic N) is 2. The first kappa shape index (κ1) is 14.2. The number of carbonyl (C=O) groups excluding carboxylic acids is 1. The fourth-order valence-electron chi connectivity index (χ4n) is 3.39. The Kier molecular flexibility index (Phi) is 4.32. The summed E-state index contributed by atoms with van der Waals surface area (Å²) in [6, 6.07) is 5.84. The molecule has 3 rings (SSSR count). The third kappa shape index (κ3) is 3.14. The van der Waals surface area contributed by atoms with Crippen LogP contribution in [0.4, 0.5) is 11.4 Å². The minimum absolute atomic E-state index is 0.126.